The topological polar surface area (TPSA) is 64.4 Å². The Bertz CT molecular complexity index is 1150. The molecule has 0 spiro atoms. The van der Waals surface area contributed by atoms with E-state index in [4.69, 9.17) is 9.15 Å². The first-order valence-corrected chi connectivity index (χ1v) is 9.43. The summed E-state index contributed by atoms with van der Waals surface area (Å²) in [5, 5.41) is 4.11. The summed E-state index contributed by atoms with van der Waals surface area (Å²) in [5.74, 6) is 0.336. The molecule has 0 bridgehead atoms. The molecule has 2 aromatic heterocycles. The Labute approximate surface area is 164 Å². The Hall–Kier alpha value is -3.19. The van der Waals surface area contributed by atoms with Crippen LogP contribution in [0.5, 0.6) is 5.75 Å². The Morgan fingerprint density at radius 1 is 1.25 bits per heavy atom. The predicted molar refractivity (Wildman–Crippen MR) is 107 cm³/mol. The SMILES string of the molecule is COc1ccc2oc(C(=O)Nc3ncc(Cc4ccc(F)cc4)s3)c(C)c2c1. The van der Waals surface area contributed by atoms with Crippen LogP contribution in [0.25, 0.3) is 11.0 Å². The highest BCUT2D eigenvalue weighted by Gasteiger charge is 2.19. The zero-order valence-corrected chi connectivity index (χ0v) is 16.1. The lowest BCUT2D eigenvalue weighted by atomic mass is 10.1. The van der Waals surface area contributed by atoms with Gasteiger partial charge in [0.1, 0.15) is 17.1 Å². The lowest BCUT2D eigenvalue weighted by Gasteiger charge is -2.00. The summed E-state index contributed by atoms with van der Waals surface area (Å²) >= 11 is 1.38. The van der Waals surface area contributed by atoms with Crippen molar-refractivity contribution >= 4 is 33.3 Å². The maximum atomic E-state index is 13.0. The van der Waals surface area contributed by atoms with Gasteiger partial charge < -0.3 is 9.15 Å². The first-order chi connectivity index (χ1) is 13.5. The van der Waals surface area contributed by atoms with Crippen molar-refractivity contribution in [3.63, 3.8) is 0 Å². The van der Waals surface area contributed by atoms with Gasteiger partial charge in [-0.15, -0.1) is 11.3 Å². The van der Waals surface area contributed by atoms with Crippen LogP contribution in [0.3, 0.4) is 0 Å². The average molecular weight is 396 g/mol. The Morgan fingerprint density at radius 2 is 2.04 bits per heavy atom. The first-order valence-electron chi connectivity index (χ1n) is 8.61. The highest BCUT2D eigenvalue weighted by molar-refractivity contribution is 7.15. The number of nitrogens with zero attached hydrogens (tertiary/aromatic N) is 1. The summed E-state index contributed by atoms with van der Waals surface area (Å²) < 4.78 is 24.0. The molecule has 0 aliphatic rings. The Morgan fingerprint density at radius 3 is 2.79 bits per heavy atom. The summed E-state index contributed by atoms with van der Waals surface area (Å²) in [7, 11) is 1.59. The first kappa shape index (κ1) is 18.2. The van der Waals surface area contributed by atoms with E-state index in [9.17, 15) is 9.18 Å². The molecular formula is C21H17FN2O3S. The van der Waals surface area contributed by atoms with Crippen molar-refractivity contribution in [1.29, 1.82) is 0 Å². The van der Waals surface area contributed by atoms with Crippen molar-refractivity contribution in [2.75, 3.05) is 12.4 Å². The number of halogens is 1. The van der Waals surface area contributed by atoms with Crippen molar-refractivity contribution in [2.45, 2.75) is 13.3 Å². The largest absolute Gasteiger partial charge is 0.497 e. The number of anilines is 1. The smallest absolute Gasteiger partial charge is 0.293 e. The fourth-order valence-electron chi connectivity index (χ4n) is 2.95. The molecule has 2 aromatic carbocycles. The third-order valence-corrected chi connectivity index (χ3v) is 5.33. The molecule has 28 heavy (non-hydrogen) atoms. The van der Waals surface area contributed by atoms with Crippen molar-refractivity contribution < 1.29 is 18.3 Å². The van der Waals surface area contributed by atoms with Crippen molar-refractivity contribution in [2.24, 2.45) is 0 Å². The molecule has 0 aliphatic carbocycles. The Balaban J connectivity index is 1.51. The fraction of sp³-hybridized carbons (Fsp3) is 0.143. The van der Waals surface area contributed by atoms with Crippen molar-refractivity contribution in [3.8, 4) is 5.75 Å². The summed E-state index contributed by atoms with van der Waals surface area (Å²) in [6, 6.07) is 11.7. The zero-order chi connectivity index (χ0) is 19.7. The minimum atomic E-state index is -0.352. The van der Waals surface area contributed by atoms with Gasteiger partial charge in [-0.25, -0.2) is 9.37 Å². The highest BCUT2D eigenvalue weighted by Crippen LogP contribution is 2.30. The lowest BCUT2D eigenvalue weighted by molar-refractivity contribution is 0.0998. The van der Waals surface area contributed by atoms with Crippen LogP contribution < -0.4 is 10.1 Å². The molecule has 1 N–H and O–H groups in total. The number of carbonyl (C=O) groups excluding carboxylic acids is 1. The van der Waals surface area contributed by atoms with Crippen LogP contribution >= 0.6 is 11.3 Å². The predicted octanol–water partition coefficient (Wildman–Crippen LogP) is 5.19. The second-order valence-corrected chi connectivity index (χ2v) is 7.42. The van der Waals surface area contributed by atoms with E-state index in [1.807, 2.05) is 13.0 Å². The third-order valence-electron chi connectivity index (χ3n) is 4.42. The Kier molecular flexibility index (Phi) is 4.83. The number of fused-ring (bicyclic) bond motifs is 1. The van der Waals surface area contributed by atoms with E-state index in [0.29, 0.717) is 22.9 Å². The number of carbonyl (C=O) groups is 1. The molecule has 0 radical (unpaired) electrons. The minimum Gasteiger partial charge on any atom is -0.497 e. The molecule has 0 aliphatic heterocycles. The molecule has 7 heteroatoms. The third kappa shape index (κ3) is 3.61. The molecule has 5 nitrogen and oxygen atoms in total. The number of amides is 1. The van der Waals surface area contributed by atoms with E-state index in [2.05, 4.69) is 10.3 Å². The fourth-order valence-corrected chi connectivity index (χ4v) is 3.79. The number of hydrogen-bond donors (Lipinski definition) is 1. The van der Waals surface area contributed by atoms with Gasteiger partial charge in [0.15, 0.2) is 10.9 Å². The van der Waals surface area contributed by atoms with Gasteiger partial charge in [-0.1, -0.05) is 12.1 Å². The highest BCUT2D eigenvalue weighted by atomic mass is 32.1. The monoisotopic (exact) mass is 396 g/mol. The molecule has 0 saturated carbocycles. The molecule has 0 saturated heterocycles. The quantitative estimate of drug-likeness (QED) is 0.504. The number of aryl methyl sites for hydroxylation is 1. The summed E-state index contributed by atoms with van der Waals surface area (Å²) in [6.45, 7) is 1.84. The number of methoxy groups -OCH3 is 1. The number of ether oxygens (including phenoxy) is 1. The van der Waals surface area contributed by atoms with E-state index >= 15 is 0 Å². The van der Waals surface area contributed by atoms with Crippen LogP contribution in [0, 0.1) is 12.7 Å². The van der Waals surface area contributed by atoms with E-state index < -0.39 is 0 Å². The average Bonchev–Trinajstić information content (AvgIpc) is 3.27. The summed E-state index contributed by atoms with van der Waals surface area (Å²) in [6.07, 6.45) is 2.33. The molecule has 1 amide bonds. The number of hydrogen-bond acceptors (Lipinski definition) is 5. The van der Waals surface area contributed by atoms with E-state index in [0.717, 1.165) is 21.4 Å². The molecule has 0 atom stereocenters. The molecule has 0 fully saturated rings. The summed E-state index contributed by atoms with van der Waals surface area (Å²) in [4.78, 5) is 17.9. The normalized spacial score (nSPS) is 11.0. The second kappa shape index (κ2) is 7.44. The number of furan rings is 1. The van der Waals surface area contributed by atoms with Crippen LogP contribution in [0.1, 0.15) is 26.6 Å². The number of benzene rings is 2. The second-order valence-electron chi connectivity index (χ2n) is 6.31. The van der Waals surface area contributed by atoms with Crippen LogP contribution in [-0.2, 0) is 6.42 Å². The van der Waals surface area contributed by atoms with Crippen LogP contribution in [-0.4, -0.2) is 18.0 Å². The van der Waals surface area contributed by atoms with Gasteiger partial charge in [-0.05, 0) is 42.8 Å². The van der Waals surface area contributed by atoms with Crippen LogP contribution in [0.15, 0.2) is 53.1 Å². The van der Waals surface area contributed by atoms with Gasteiger partial charge in [-0.3, -0.25) is 10.1 Å². The van der Waals surface area contributed by atoms with Gasteiger partial charge in [0, 0.05) is 28.4 Å². The maximum absolute atomic E-state index is 13.0. The van der Waals surface area contributed by atoms with E-state index in [1.54, 1.807) is 37.6 Å². The molecule has 2 heterocycles. The van der Waals surface area contributed by atoms with Crippen LogP contribution in [0.4, 0.5) is 9.52 Å². The van der Waals surface area contributed by atoms with Crippen molar-refractivity contribution in [3.05, 3.63) is 76.2 Å². The van der Waals surface area contributed by atoms with Gasteiger partial charge in [0.05, 0.1) is 7.11 Å². The van der Waals surface area contributed by atoms with Crippen molar-refractivity contribution in [1.82, 2.24) is 4.98 Å². The number of nitrogens with one attached hydrogen (secondary N) is 1. The molecule has 4 rings (SSSR count). The lowest BCUT2D eigenvalue weighted by Crippen LogP contribution is -2.11. The molecular weight excluding hydrogens is 379 g/mol. The van der Waals surface area contributed by atoms with Gasteiger partial charge in [-0.2, -0.15) is 0 Å². The number of rotatable bonds is 5. The molecule has 4 aromatic rings. The maximum Gasteiger partial charge on any atom is 0.293 e. The van der Waals surface area contributed by atoms with E-state index in [-0.39, 0.29) is 17.5 Å². The van der Waals surface area contributed by atoms with Gasteiger partial charge >= 0.3 is 0 Å². The zero-order valence-electron chi connectivity index (χ0n) is 15.3. The van der Waals surface area contributed by atoms with Gasteiger partial charge in [0.2, 0.25) is 0 Å². The van der Waals surface area contributed by atoms with Gasteiger partial charge in [0.25, 0.3) is 5.91 Å². The number of aromatic nitrogens is 1. The van der Waals surface area contributed by atoms with E-state index in [1.165, 1.54) is 23.5 Å². The standard InChI is InChI=1S/C21H17FN2O3S/c1-12-17-10-15(26-2)7-8-18(17)27-19(12)20(25)24-21-23-11-16(28-21)9-13-3-5-14(22)6-4-13/h3-8,10-11H,9H2,1-2H3,(H,23,24,25). The summed E-state index contributed by atoms with van der Waals surface area (Å²) in [5.41, 5.74) is 2.35. The number of thiazole rings is 1. The minimum absolute atomic E-state index is 0.249. The molecule has 142 valence electrons. The van der Waals surface area contributed by atoms with Crippen LogP contribution in [0.2, 0.25) is 0 Å². The molecule has 0 unspecified atom stereocenters.